The number of esters is 1. The van der Waals surface area contributed by atoms with Crippen LogP contribution in [0.2, 0.25) is 0 Å². The molecule has 5 nitrogen and oxygen atoms in total. The molecule has 1 aromatic carbocycles. The SMILES string of the molecule is COC(=O)[C@H]1C[C@H](Cc2ccccc2)[C@H](C)N(c2cnn(C(C)C)c2)C1. The number of anilines is 1. The molecular weight excluding hydrogens is 326 g/mol. The summed E-state index contributed by atoms with van der Waals surface area (Å²) in [5.41, 5.74) is 2.39. The number of carbonyl (C=O) groups is 1. The van der Waals surface area contributed by atoms with Gasteiger partial charge in [-0.1, -0.05) is 30.3 Å². The Balaban J connectivity index is 1.85. The molecule has 0 aliphatic carbocycles. The van der Waals surface area contributed by atoms with Gasteiger partial charge in [0.25, 0.3) is 0 Å². The molecule has 140 valence electrons. The second-order valence-electron chi connectivity index (χ2n) is 7.57. The molecule has 26 heavy (non-hydrogen) atoms. The van der Waals surface area contributed by atoms with Gasteiger partial charge in [-0.15, -0.1) is 0 Å². The molecule has 5 heteroatoms. The second kappa shape index (κ2) is 7.94. The van der Waals surface area contributed by atoms with Crippen molar-refractivity contribution in [2.45, 2.75) is 45.7 Å². The van der Waals surface area contributed by atoms with E-state index in [-0.39, 0.29) is 11.9 Å². The number of methoxy groups -OCH3 is 1. The number of hydrogen-bond donors (Lipinski definition) is 0. The number of hydrogen-bond acceptors (Lipinski definition) is 4. The first kappa shape index (κ1) is 18.5. The molecule has 2 aromatic rings. The van der Waals surface area contributed by atoms with Crippen molar-refractivity contribution in [3.05, 3.63) is 48.3 Å². The summed E-state index contributed by atoms with van der Waals surface area (Å²) in [4.78, 5) is 14.6. The third-order valence-electron chi connectivity index (χ3n) is 5.50. The average Bonchev–Trinajstić information content (AvgIpc) is 3.14. The van der Waals surface area contributed by atoms with E-state index in [0.29, 0.717) is 24.5 Å². The van der Waals surface area contributed by atoms with Crippen LogP contribution in [0.3, 0.4) is 0 Å². The normalized spacial score (nSPS) is 23.3. The van der Waals surface area contributed by atoms with Crippen LogP contribution in [0.25, 0.3) is 0 Å². The zero-order chi connectivity index (χ0) is 18.7. The molecule has 0 saturated carbocycles. The van der Waals surface area contributed by atoms with Gasteiger partial charge in [-0.3, -0.25) is 9.48 Å². The third kappa shape index (κ3) is 3.92. The van der Waals surface area contributed by atoms with Gasteiger partial charge < -0.3 is 9.64 Å². The maximum absolute atomic E-state index is 12.3. The third-order valence-corrected chi connectivity index (χ3v) is 5.50. The van der Waals surface area contributed by atoms with Crippen molar-refractivity contribution in [2.75, 3.05) is 18.6 Å². The van der Waals surface area contributed by atoms with Gasteiger partial charge >= 0.3 is 5.97 Å². The van der Waals surface area contributed by atoms with Crippen molar-refractivity contribution in [3.63, 3.8) is 0 Å². The molecule has 3 rings (SSSR count). The van der Waals surface area contributed by atoms with E-state index in [2.05, 4.69) is 61.2 Å². The standard InChI is InChI=1S/C21H29N3O2/c1-15(2)24-14-20(12-22-24)23-13-19(21(25)26-4)11-18(16(23)3)10-17-8-6-5-7-9-17/h5-9,12,14-16,18-19H,10-11,13H2,1-4H3/t16-,18-,19-/m0/s1. The molecular formula is C21H29N3O2. The van der Waals surface area contributed by atoms with Crippen LogP contribution in [-0.2, 0) is 16.0 Å². The molecule has 0 N–H and O–H groups in total. The summed E-state index contributed by atoms with van der Waals surface area (Å²) in [5, 5.41) is 4.48. The summed E-state index contributed by atoms with van der Waals surface area (Å²) in [7, 11) is 1.48. The lowest BCUT2D eigenvalue weighted by atomic mass is 9.80. The van der Waals surface area contributed by atoms with Crippen LogP contribution < -0.4 is 4.90 Å². The Hall–Kier alpha value is -2.30. The molecule has 0 amide bonds. The maximum atomic E-state index is 12.3. The summed E-state index contributed by atoms with van der Waals surface area (Å²) < 4.78 is 7.03. The van der Waals surface area contributed by atoms with Gasteiger partial charge in [-0.25, -0.2) is 0 Å². The Labute approximate surface area is 156 Å². The molecule has 1 aliphatic heterocycles. The zero-order valence-corrected chi connectivity index (χ0v) is 16.1. The Kier molecular flexibility index (Phi) is 5.64. The van der Waals surface area contributed by atoms with Gasteiger partial charge in [0.2, 0.25) is 0 Å². The fourth-order valence-electron chi connectivity index (χ4n) is 3.90. The number of piperidine rings is 1. The van der Waals surface area contributed by atoms with E-state index in [1.165, 1.54) is 12.7 Å². The first-order valence-corrected chi connectivity index (χ1v) is 9.42. The summed E-state index contributed by atoms with van der Waals surface area (Å²) in [6.07, 6.45) is 5.82. The van der Waals surface area contributed by atoms with Crippen LogP contribution in [0.1, 0.15) is 38.8 Å². The minimum atomic E-state index is -0.115. The number of carbonyl (C=O) groups excluding carboxylic acids is 1. The summed E-state index contributed by atoms with van der Waals surface area (Å²) >= 11 is 0. The Morgan fingerprint density at radius 1 is 1.31 bits per heavy atom. The smallest absolute Gasteiger partial charge is 0.310 e. The lowest BCUT2D eigenvalue weighted by molar-refractivity contribution is -0.146. The first-order chi connectivity index (χ1) is 12.5. The van der Waals surface area contributed by atoms with E-state index < -0.39 is 0 Å². The lowest BCUT2D eigenvalue weighted by Crippen LogP contribution is -2.50. The average molecular weight is 355 g/mol. The van der Waals surface area contributed by atoms with Crippen LogP contribution in [0.15, 0.2) is 42.7 Å². The number of ether oxygens (including phenoxy) is 1. The van der Waals surface area contributed by atoms with E-state index in [4.69, 9.17) is 4.74 Å². The van der Waals surface area contributed by atoms with Crippen LogP contribution in [0.4, 0.5) is 5.69 Å². The van der Waals surface area contributed by atoms with E-state index >= 15 is 0 Å². The molecule has 0 unspecified atom stereocenters. The molecule has 1 aliphatic rings. The largest absolute Gasteiger partial charge is 0.469 e. The molecule has 0 spiro atoms. The van der Waals surface area contributed by atoms with Gasteiger partial charge in [0.15, 0.2) is 0 Å². The van der Waals surface area contributed by atoms with Crippen LogP contribution in [0, 0.1) is 11.8 Å². The highest BCUT2D eigenvalue weighted by Crippen LogP contribution is 2.34. The van der Waals surface area contributed by atoms with Gasteiger partial charge in [0.1, 0.15) is 0 Å². The fraction of sp³-hybridized carbons (Fsp3) is 0.524. The minimum Gasteiger partial charge on any atom is -0.469 e. The molecule has 3 atom stereocenters. The highest BCUT2D eigenvalue weighted by molar-refractivity contribution is 5.73. The Morgan fingerprint density at radius 2 is 2.04 bits per heavy atom. The van der Waals surface area contributed by atoms with Crippen molar-refractivity contribution < 1.29 is 9.53 Å². The summed E-state index contributed by atoms with van der Waals surface area (Å²) in [5.74, 6) is 0.168. The van der Waals surface area contributed by atoms with Crippen molar-refractivity contribution in [1.29, 1.82) is 0 Å². The molecule has 1 aromatic heterocycles. The van der Waals surface area contributed by atoms with E-state index in [1.54, 1.807) is 0 Å². The molecule has 1 saturated heterocycles. The van der Waals surface area contributed by atoms with Crippen molar-refractivity contribution in [1.82, 2.24) is 9.78 Å². The minimum absolute atomic E-state index is 0.104. The Bertz CT molecular complexity index is 726. The van der Waals surface area contributed by atoms with Crippen molar-refractivity contribution in [2.24, 2.45) is 11.8 Å². The number of nitrogens with zero attached hydrogens (tertiary/aromatic N) is 3. The second-order valence-corrected chi connectivity index (χ2v) is 7.57. The van der Waals surface area contributed by atoms with Gasteiger partial charge in [-0.05, 0) is 45.1 Å². The van der Waals surface area contributed by atoms with Gasteiger partial charge in [0, 0.05) is 24.8 Å². The highest BCUT2D eigenvalue weighted by Gasteiger charge is 2.37. The summed E-state index contributed by atoms with van der Waals surface area (Å²) in [6, 6.07) is 11.2. The van der Waals surface area contributed by atoms with E-state index in [9.17, 15) is 4.79 Å². The maximum Gasteiger partial charge on any atom is 0.310 e. The monoisotopic (exact) mass is 355 g/mol. The van der Waals surface area contributed by atoms with E-state index in [0.717, 1.165) is 18.5 Å². The van der Waals surface area contributed by atoms with Crippen LogP contribution in [0.5, 0.6) is 0 Å². The van der Waals surface area contributed by atoms with Gasteiger partial charge in [0.05, 0.1) is 24.9 Å². The molecule has 0 radical (unpaired) electrons. The van der Waals surface area contributed by atoms with Crippen LogP contribution >= 0.6 is 0 Å². The fourth-order valence-corrected chi connectivity index (χ4v) is 3.90. The molecule has 2 heterocycles. The zero-order valence-electron chi connectivity index (χ0n) is 16.1. The number of benzene rings is 1. The quantitative estimate of drug-likeness (QED) is 0.767. The van der Waals surface area contributed by atoms with Crippen LogP contribution in [-0.4, -0.2) is 35.4 Å². The van der Waals surface area contributed by atoms with Crippen molar-refractivity contribution >= 4 is 11.7 Å². The van der Waals surface area contributed by atoms with E-state index in [1.807, 2.05) is 16.9 Å². The molecule has 0 bridgehead atoms. The number of rotatable bonds is 5. The Morgan fingerprint density at radius 3 is 2.65 bits per heavy atom. The van der Waals surface area contributed by atoms with Crippen molar-refractivity contribution in [3.8, 4) is 0 Å². The predicted molar refractivity (Wildman–Crippen MR) is 103 cm³/mol. The topological polar surface area (TPSA) is 47.4 Å². The van der Waals surface area contributed by atoms with Gasteiger partial charge in [-0.2, -0.15) is 5.10 Å². The summed E-state index contributed by atoms with van der Waals surface area (Å²) in [6.45, 7) is 7.18. The molecule has 1 fully saturated rings. The highest BCUT2D eigenvalue weighted by atomic mass is 16.5. The predicted octanol–water partition coefficient (Wildman–Crippen LogP) is 3.71. The first-order valence-electron chi connectivity index (χ1n) is 9.42. The number of aromatic nitrogens is 2. The lowest BCUT2D eigenvalue weighted by Gasteiger charge is -2.43.